The SMILES string of the molecule is CC1(C)CC(NC(=O)C(N)CC(=O)O)CCO1. The maximum absolute atomic E-state index is 11.6. The van der Waals surface area contributed by atoms with E-state index in [2.05, 4.69) is 5.32 Å². The maximum atomic E-state index is 11.6. The molecule has 2 unspecified atom stereocenters. The smallest absolute Gasteiger partial charge is 0.305 e. The van der Waals surface area contributed by atoms with Crippen LogP contribution in [0.4, 0.5) is 0 Å². The van der Waals surface area contributed by atoms with Crippen LogP contribution in [0.15, 0.2) is 0 Å². The average Bonchev–Trinajstić information content (AvgIpc) is 2.14. The van der Waals surface area contributed by atoms with Crippen molar-refractivity contribution in [3.63, 3.8) is 0 Å². The predicted octanol–water partition coefficient (Wildman–Crippen LogP) is -0.138. The fraction of sp³-hybridized carbons (Fsp3) is 0.818. The molecule has 1 aliphatic heterocycles. The number of hydrogen-bond acceptors (Lipinski definition) is 4. The van der Waals surface area contributed by atoms with Crippen LogP contribution in [0.25, 0.3) is 0 Å². The summed E-state index contributed by atoms with van der Waals surface area (Å²) in [6.45, 7) is 4.51. The summed E-state index contributed by atoms with van der Waals surface area (Å²) in [6.07, 6.45) is 1.09. The first-order valence-corrected chi connectivity index (χ1v) is 5.72. The van der Waals surface area contributed by atoms with Crippen LogP contribution in [0.5, 0.6) is 0 Å². The lowest BCUT2D eigenvalue weighted by Crippen LogP contribution is -2.50. The lowest BCUT2D eigenvalue weighted by atomic mass is 9.93. The molecule has 17 heavy (non-hydrogen) atoms. The molecule has 1 fully saturated rings. The zero-order valence-electron chi connectivity index (χ0n) is 10.2. The molecule has 0 aromatic heterocycles. The molecule has 6 nitrogen and oxygen atoms in total. The number of nitrogens with one attached hydrogen (secondary N) is 1. The van der Waals surface area contributed by atoms with Crippen LogP contribution < -0.4 is 11.1 Å². The molecule has 0 aromatic rings. The second-order valence-corrected chi connectivity index (χ2v) is 5.01. The normalized spacial score (nSPS) is 25.0. The van der Waals surface area contributed by atoms with Crippen LogP contribution in [0.1, 0.15) is 33.1 Å². The molecule has 1 amide bonds. The molecule has 0 saturated carbocycles. The third kappa shape index (κ3) is 4.70. The summed E-state index contributed by atoms with van der Waals surface area (Å²) in [7, 11) is 0. The highest BCUT2D eigenvalue weighted by atomic mass is 16.5. The number of hydrogen-bond donors (Lipinski definition) is 3. The first-order valence-electron chi connectivity index (χ1n) is 5.72. The molecule has 1 saturated heterocycles. The molecule has 6 heteroatoms. The van der Waals surface area contributed by atoms with Crippen LogP contribution in [0, 0.1) is 0 Å². The first kappa shape index (κ1) is 13.9. The summed E-state index contributed by atoms with van der Waals surface area (Å²) in [5, 5.41) is 11.3. The van der Waals surface area contributed by atoms with Gasteiger partial charge in [0.05, 0.1) is 18.1 Å². The maximum Gasteiger partial charge on any atom is 0.305 e. The lowest BCUT2D eigenvalue weighted by Gasteiger charge is -2.36. The molecule has 1 rings (SSSR count). The first-order chi connectivity index (χ1) is 7.80. The molecule has 0 aliphatic carbocycles. The fourth-order valence-electron chi connectivity index (χ4n) is 1.94. The number of carbonyl (C=O) groups excluding carboxylic acids is 1. The van der Waals surface area contributed by atoms with Crippen molar-refractivity contribution in [2.45, 2.75) is 50.8 Å². The Labute approximate surface area is 101 Å². The van der Waals surface area contributed by atoms with Crippen molar-refractivity contribution in [1.82, 2.24) is 5.32 Å². The van der Waals surface area contributed by atoms with Crippen molar-refractivity contribution in [2.75, 3.05) is 6.61 Å². The highest BCUT2D eigenvalue weighted by molar-refractivity contribution is 5.86. The molecule has 1 heterocycles. The minimum Gasteiger partial charge on any atom is -0.481 e. The Bertz CT molecular complexity index is 304. The van der Waals surface area contributed by atoms with E-state index in [1.807, 2.05) is 13.8 Å². The van der Waals surface area contributed by atoms with Crippen LogP contribution in [0.3, 0.4) is 0 Å². The Morgan fingerprint density at radius 2 is 2.24 bits per heavy atom. The Morgan fingerprint density at radius 3 is 2.76 bits per heavy atom. The Hall–Kier alpha value is -1.14. The third-order valence-corrected chi connectivity index (χ3v) is 2.77. The van der Waals surface area contributed by atoms with Gasteiger partial charge in [0.1, 0.15) is 0 Å². The molecule has 0 aromatic carbocycles. The number of nitrogens with two attached hydrogens (primary N) is 1. The van der Waals surface area contributed by atoms with Gasteiger partial charge in [-0.05, 0) is 26.7 Å². The largest absolute Gasteiger partial charge is 0.481 e. The van der Waals surface area contributed by atoms with Gasteiger partial charge in [0.25, 0.3) is 0 Å². The zero-order valence-corrected chi connectivity index (χ0v) is 10.2. The van der Waals surface area contributed by atoms with Gasteiger partial charge in [0.15, 0.2) is 0 Å². The Balaban J connectivity index is 2.43. The number of amides is 1. The van der Waals surface area contributed by atoms with Crippen molar-refractivity contribution in [1.29, 1.82) is 0 Å². The predicted molar refractivity (Wildman–Crippen MR) is 61.4 cm³/mol. The summed E-state index contributed by atoms with van der Waals surface area (Å²) >= 11 is 0. The monoisotopic (exact) mass is 244 g/mol. The molecular weight excluding hydrogens is 224 g/mol. The standard InChI is InChI=1S/C11H20N2O4/c1-11(2)6-7(3-4-17-11)13-10(16)8(12)5-9(14)15/h7-8H,3-6,12H2,1-2H3,(H,13,16)(H,14,15). The Morgan fingerprint density at radius 1 is 1.59 bits per heavy atom. The van der Waals surface area contributed by atoms with E-state index in [0.29, 0.717) is 13.0 Å². The summed E-state index contributed by atoms with van der Waals surface area (Å²) in [5.41, 5.74) is 5.22. The molecule has 0 spiro atoms. The molecule has 1 aliphatic rings. The van der Waals surface area contributed by atoms with Gasteiger partial charge in [0, 0.05) is 12.6 Å². The topological polar surface area (TPSA) is 102 Å². The van der Waals surface area contributed by atoms with Crippen LogP contribution >= 0.6 is 0 Å². The summed E-state index contributed by atoms with van der Waals surface area (Å²) in [6, 6.07) is -0.982. The van der Waals surface area contributed by atoms with Crippen molar-refractivity contribution in [3.05, 3.63) is 0 Å². The van der Waals surface area contributed by atoms with E-state index in [1.54, 1.807) is 0 Å². The highest BCUT2D eigenvalue weighted by Gasteiger charge is 2.30. The summed E-state index contributed by atoms with van der Waals surface area (Å²) < 4.78 is 5.53. The summed E-state index contributed by atoms with van der Waals surface area (Å²) in [4.78, 5) is 22.0. The van der Waals surface area contributed by atoms with Gasteiger partial charge in [-0.1, -0.05) is 0 Å². The molecule has 98 valence electrons. The zero-order chi connectivity index (χ0) is 13.1. The quantitative estimate of drug-likeness (QED) is 0.639. The van der Waals surface area contributed by atoms with Gasteiger partial charge in [-0.15, -0.1) is 0 Å². The van der Waals surface area contributed by atoms with E-state index in [0.717, 1.165) is 6.42 Å². The van der Waals surface area contributed by atoms with E-state index >= 15 is 0 Å². The van der Waals surface area contributed by atoms with E-state index < -0.39 is 17.9 Å². The second-order valence-electron chi connectivity index (χ2n) is 5.01. The fourth-order valence-corrected chi connectivity index (χ4v) is 1.94. The minimum atomic E-state index is -1.07. The highest BCUT2D eigenvalue weighted by Crippen LogP contribution is 2.23. The van der Waals surface area contributed by atoms with Crippen molar-refractivity contribution in [3.8, 4) is 0 Å². The average molecular weight is 244 g/mol. The van der Waals surface area contributed by atoms with E-state index in [-0.39, 0.29) is 18.1 Å². The number of ether oxygens (including phenoxy) is 1. The van der Waals surface area contributed by atoms with Crippen molar-refractivity contribution >= 4 is 11.9 Å². The summed E-state index contributed by atoms with van der Waals surface area (Å²) in [5.74, 6) is -1.48. The lowest BCUT2D eigenvalue weighted by molar-refractivity contribution is -0.140. The third-order valence-electron chi connectivity index (χ3n) is 2.77. The van der Waals surface area contributed by atoms with Crippen molar-refractivity contribution < 1.29 is 19.4 Å². The van der Waals surface area contributed by atoms with Gasteiger partial charge in [0.2, 0.25) is 5.91 Å². The van der Waals surface area contributed by atoms with Gasteiger partial charge < -0.3 is 20.9 Å². The molecule has 2 atom stereocenters. The van der Waals surface area contributed by atoms with Crippen molar-refractivity contribution in [2.24, 2.45) is 5.73 Å². The van der Waals surface area contributed by atoms with Gasteiger partial charge in [-0.2, -0.15) is 0 Å². The van der Waals surface area contributed by atoms with Gasteiger partial charge in [-0.3, -0.25) is 9.59 Å². The van der Waals surface area contributed by atoms with Gasteiger partial charge >= 0.3 is 5.97 Å². The number of rotatable bonds is 4. The van der Waals surface area contributed by atoms with Crippen LogP contribution in [-0.2, 0) is 14.3 Å². The van der Waals surface area contributed by atoms with E-state index in [4.69, 9.17) is 15.6 Å². The Kier molecular flexibility index (Phi) is 4.47. The van der Waals surface area contributed by atoms with E-state index in [1.165, 1.54) is 0 Å². The van der Waals surface area contributed by atoms with E-state index in [9.17, 15) is 9.59 Å². The minimum absolute atomic E-state index is 0.00564. The molecule has 0 bridgehead atoms. The van der Waals surface area contributed by atoms with Gasteiger partial charge in [-0.25, -0.2) is 0 Å². The second kappa shape index (κ2) is 5.46. The molecule has 4 N–H and O–H groups in total. The molecular formula is C11H20N2O4. The number of carbonyl (C=O) groups is 2. The number of aliphatic carboxylic acids is 1. The van der Waals surface area contributed by atoms with Crippen LogP contribution in [0.2, 0.25) is 0 Å². The van der Waals surface area contributed by atoms with Crippen LogP contribution in [-0.4, -0.2) is 41.3 Å². The number of carboxylic acids is 1. The number of carboxylic acid groups (broad SMARTS) is 1. The molecule has 0 radical (unpaired) electrons.